The van der Waals surface area contributed by atoms with Crippen molar-refractivity contribution < 1.29 is 27.4 Å². The van der Waals surface area contributed by atoms with Crippen molar-refractivity contribution in [2.24, 2.45) is 11.7 Å². The van der Waals surface area contributed by atoms with E-state index in [-0.39, 0.29) is 40.6 Å². The molecule has 0 fully saturated rings. The summed E-state index contributed by atoms with van der Waals surface area (Å²) in [5, 5.41) is 4.48. The van der Waals surface area contributed by atoms with Crippen LogP contribution < -0.4 is 16.2 Å². The first kappa shape index (κ1) is 29.3. The number of anilines is 1. The molecule has 1 aliphatic rings. The van der Waals surface area contributed by atoms with Crippen LogP contribution in [0.4, 0.5) is 19.1 Å². The Bertz CT molecular complexity index is 1390. The molecule has 2 unspecified atom stereocenters. The number of nitrogens with zero attached hydrogens (tertiary/aromatic N) is 4. The first-order chi connectivity index (χ1) is 18.9. The Kier molecular flexibility index (Phi) is 8.99. The minimum absolute atomic E-state index is 0.118. The van der Waals surface area contributed by atoms with Crippen LogP contribution >= 0.6 is 11.6 Å². The number of nitrogen functional groups attached to an aromatic ring is 1. The number of aryl methyl sites for hydroxylation is 1. The van der Waals surface area contributed by atoms with Gasteiger partial charge in [0.15, 0.2) is 0 Å². The van der Waals surface area contributed by atoms with Crippen LogP contribution in [0.3, 0.4) is 0 Å². The number of hydrogen-bond donors (Lipinski definition) is 2. The van der Waals surface area contributed by atoms with Crippen LogP contribution in [0.2, 0.25) is 5.02 Å². The highest BCUT2D eigenvalue weighted by atomic mass is 35.5. The predicted molar refractivity (Wildman–Crippen MR) is 144 cm³/mol. The summed E-state index contributed by atoms with van der Waals surface area (Å²) in [6, 6.07) is 6.30. The van der Waals surface area contributed by atoms with E-state index in [1.807, 2.05) is 6.08 Å². The molecule has 9 nitrogen and oxygen atoms in total. The van der Waals surface area contributed by atoms with Crippen molar-refractivity contribution in [3.63, 3.8) is 0 Å². The first-order valence-electron chi connectivity index (χ1n) is 12.8. The lowest BCUT2D eigenvalue weighted by atomic mass is 9.84. The summed E-state index contributed by atoms with van der Waals surface area (Å²) in [5.41, 5.74) is 13.5. The summed E-state index contributed by atoms with van der Waals surface area (Å²) in [7, 11) is 0. The number of benzene rings is 1. The van der Waals surface area contributed by atoms with Crippen molar-refractivity contribution in [3.05, 3.63) is 64.6 Å². The fourth-order valence-corrected chi connectivity index (χ4v) is 4.79. The van der Waals surface area contributed by atoms with E-state index in [1.54, 1.807) is 26.1 Å². The Morgan fingerprint density at radius 2 is 2.02 bits per heavy atom. The molecule has 0 aliphatic heterocycles. The van der Waals surface area contributed by atoms with Gasteiger partial charge < -0.3 is 20.9 Å². The van der Waals surface area contributed by atoms with Gasteiger partial charge in [-0.05, 0) is 69.2 Å². The summed E-state index contributed by atoms with van der Waals surface area (Å²) in [6.45, 7) is 3.70. The summed E-state index contributed by atoms with van der Waals surface area (Å²) >= 11 is 6.11. The van der Waals surface area contributed by atoms with Crippen molar-refractivity contribution in [3.8, 4) is 11.6 Å². The fourth-order valence-electron chi connectivity index (χ4n) is 4.62. The van der Waals surface area contributed by atoms with Crippen LogP contribution in [0.5, 0.6) is 5.88 Å². The molecule has 4 rings (SSSR count). The van der Waals surface area contributed by atoms with Crippen molar-refractivity contribution in [2.75, 3.05) is 12.3 Å². The number of rotatable bonds is 9. The molecule has 214 valence electrons. The van der Waals surface area contributed by atoms with Crippen LogP contribution in [0, 0.1) is 12.8 Å². The maximum absolute atomic E-state index is 14.4. The highest BCUT2D eigenvalue weighted by Crippen LogP contribution is 2.40. The molecule has 13 heteroatoms. The van der Waals surface area contributed by atoms with Gasteiger partial charge >= 0.3 is 12.1 Å². The van der Waals surface area contributed by atoms with Crippen molar-refractivity contribution in [1.82, 2.24) is 19.7 Å². The number of halogens is 4. The second kappa shape index (κ2) is 12.3. The minimum atomic E-state index is -4.81. The van der Waals surface area contributed by atoms with Gasteiger partial charge in [-0.15, -0.1) is 0 Å². The molecule has 4 N–H and O–H groups in total. The van der Waals surface area contributed by atoms with Gasteiger partial charge in [0.05, 0.1) is 23.7 Å². The number of esters is 1. The van der Waals surface area contributed by atoms with E-state index in [1.165, 1.54) is 28.9 Å². The van der Waals surface area contributed by atoms with Gasteiger partial charge in [0.2, 0.25) is 17.9 Å². The number of allylic oxidation sites excluding steroid dienone is 2. The summed E-state index contributed by atoms with van der Waals surface area (Å²) in [4.78, 5) is 20.0. The monoisotopic (exact) mass is 578 g/mol. The van der Waals surface area contributed by atoms with E-state index in [2.05, 4.69) is 15.1 Å². The smallest absolute Gasteiger partial charge is 0.429 e. The molecule has 0 saturated carbocycles. The normalized spacial score (nSPS) is 17.2. The van der Waals surface area contributed by atoms with Crippen LogP contribution in [0.15, 0.2) is 42.6 Å². The molecule has 0 radical (unpaired) electrons. The highest BCUT2D eigenvalue weighted by molar-refractivity contribution is 6.30. The lowest BCUT2D eigenvalue weighted by molar-refractivity contribution is -0.198. The molecular weight excluding hydrogens is 549 g/mol. The fraction of sp³-hybridized carbons (Fsp3) is 0.407. The average molecular weight is 579 g/mol. The molecule has 40 heavy (non-hydrogen) atoms. The van der Waals surface area contributed by atoms with E-state index in [4.69, 9.17) is 32.5 Å². The standard InChI is InChI=1S/C27H30ClF3N6O3/c1-3-39-25(38)20(32)12-16-4-6-17(7-5-16)21-14-23(35-26(33)34-21)40-24(27(29,30)31)19-9-8-18(28)13-22(19)37-11-10-15(2)36-37/h6,8-11,13-14,16,20,24H,3-5,7,12,32H2,1-2H3,(H2,33,34,35)/t16?,20-,24?/m0/s1. The van der Waals surface area contributed by atoms with Gasteiger partial charge in [0.1, 0.15) is 6.04 Å². The zero-order valence-electron chi connectivity index (χ0n) is 22.0. The zero-order valence-corrected chi connectivity index (χ0v) is 22.7. The number of alkyl halides is 3. The number of nitrogens with two attached hydrogens (primary N) is 2. The Morgan fingerprint density at radius 1 is 1.25 bits per heavy atom. The number of ether oxygens (including phenoxy) is 2. The van der Waals surface area contributed by atoms with Gasteiger partial charge in [0.25, 0.3) is 0 Å². The molecule has 1 aliphatic carbocycles. The number of carbonyl (C=O) groups excluding carboxylic acids is 1. The Labute approximate surface area is 234 Å². The maximum atomic E-state index is 14.4. The third kappa shape index (κ3) is 7.11. The number of aromatic nitrogens is 4. The van der Waals surface area contributed by atoms with Gasteiger partial charge in [-0.2, -0.15) is 23.3 Å². The van der Waals surface area contributed by atoms with Crippen molar-refractivity contribution in [2.45, 2.75) is 57.9 Å². The molecule has 2 heterocycles. The Morgan fingerprint density at radius 3 is 2.65 bits per heavy atom. The predicted octanol–water partition coefficient (Wildman–Crippen LogP) is 5.35. The molecule has 0 saturated heterocycles. The maximum Gasteiger partial charge on any atom is 0.429 e. The van der Waals surface area contributed by atoms with Crippen molar-refractivity contribution in [1.29, 1.82) is 0 Å². The SMILES string of the molecule is CCOC(=O)[C@@H](N)CC1CC=C(c2cc(OC(c3ccc(Cl)cc3-n3ccc(C)n3)C(F)(F)F)nc(N)n2)CC1. The molecule has 1 aromatic carbocycles. The molecule has 0 bridgehead atoms. The molecule has 2 aromatic heterocycles. The lowest BCUT2D eigenvalue weighted by Crippen LogP contribution is -2.34. The zero-order chi connectivity index (χ0) is 29.0. The molecule has 0 spiro atoms. The van der Waals surface area contributed by atoms with E-state index in [9.17, 15) is 18.0 Å². The van der Waals surface area contributed by atoms with E-state index in [0.29, 0.717) is 37.1 Å². The summed E-state index contributed by atoms with van der Waals surface area (Å²) in [6.07, 6.45) is -1.36. The Hall–Kier alpha value is -3.64. The van der Waals surface area contributed by atoms with Gasteiger partial charge in [-0.1, -0.05) is 23.7 Å². The minimum Gasteiger partial charge on any atom is -0.465 e. The third-order valence-corrected chi connectivity index (χ3v) is 6.76. The highest BCUT2D eigenvalue weighted by Gasteiger charge is 2.45. The van der Waals surface area contributed by atoms with Crippen LogP contribution in [0.25, 0.3) is 11.3 Å². The topological polar surface area (TPSA) is 131 Å². The van der Waals surface area contributed by atoms with Gasteiger partial charge in [-0.3, -0.25) is 4.79 Å². The molecular formula is C27H30ClF3N6O3. The first-order valence-corrected chi connectivity index (χ1v) is 13.1. The van der Waals surface area contributed by atoms with E-state index in [0.717, 1.165) is 5.57 Å². The number of hydrogen-bond acceptors (Lipinski definition) is 8. The van der Waals surface area contributed by atoms with E-state index < -0.39 is 24.3 Å². The molecule has 3 aromatic rings. The molecule has 3 atom stereocenters. The molecule has 0 amide bonds. The number of carbonyl (C=O) groups is 1. The van der Waals surface area contributed by atoms with Gasteiger partial charge in [0, 0.05) is 22.8 Å². The van der Waals surface area contributed by atoms with E-state index >= 15 is 0 Å². The van der Waals surface area contributed by atoms with Crippen molar-refractivity contribution >= 4 is 29.1 Å². The summed E-state index contributed by atoms with van der Waals surface area (Å²) < 4.78 is 54.9. The lowest BCUT2D eigenvalue weighted by Gasteiger charge is -2.25. The largest absolute Gasteiger partial charge is 0.465 e. The van der Waals surface area contributed by atoms with Crippen LogP contribution in [-0.2, 0) is 9.53 Å². The second-order valence-electron chi connectivity index (χ2n) is 9.56. The van der Waals surface area contributed by atoms with Crippen LogP contribution in [-0.4, -0.2) is 44.5 Å². The third-order valence-electron chi connectivity index (χ3n) is 6.53. The second-order valence-corrected chi connectivity index (χ2v) is 9.99. The average Bonchev–Trinajstić information content (AvgIpc) is 3.33. The quantitative estimate of drug-likeness (QED) is 0.325. The van der Waals surface area contributed by atoms with Crippen LogP contribution in [0.1, 0.15) is 55.7 Å². The summed E-state index contributed by atoms with van der Waals surface area (Å²) in [5.74, 6) is -0.829. The Balaban J connectivity index is 1.59. The van der Waals surface area contributed by atoms with Gasteiger partial charge in [-0.25, -0.2) is 9.67 Å².